The van der Waals surface area contributed by atoms with Crippen molar-refractivity contribution in [2.45, 2.75) is 39.1 Å². The maximum Gasteiger partial charge on any atom is 0.226 e. The van der Waals surface area contributed by atoms with E-state index in [-0.39, 0.29) is 24.5 Å². The van der Waals surface area contributed by atoms with E-state index in [1.165, 1.54) is 0 Å². The SMILES string of the molecule is CCn1ccnc1[C@@H]1OCC[C@H]1C(=O)NCc1cccc(CO)c1. The highest BCUT2D eigenvalue weighted by atomic mass is 16.5. The minimum Gasteiger partial charge on any atom is -0.392 e. The summed E-state index contributed by atoms with van der Waals surface area (Å²) in [6.45, 7) is 3.86. The number of amides is 1. The maximum atomic E-state index is 12.6. The molecule has 1 aromatic carbocycles. The predicted molar refractivity (Wildman–Crippen MR) is 88.9 cm³/mol. The van der Waals surface area contributed by atoms with Gasteiger partial charge < -0.3 is 19.7 Å². The van der Waals surface area contributed by atoms with Gasteiger partial charge in [-0.2, -0.15) is 0 Å². The summed E-state index contributed by atoms with van der Waals surface area (Å²) < 4.78 is 7.80. The van der Waals surface area contributed by atoms with Crippen LogP contribution in [0.25, 0.3) is 0 Å². The molecule has 0 unspecified atom stereocenters. The number of hydrogen-bond acceptors (Lipinski definition) is 4. The Kier molecular flexibility index (Phi) is 5.27. The molecular weight excluding hydrogens is 306 g/mol. The van der Waals surface area contributed by atoms with Crippen molar-refractivity contribution in [2.24, 2.45) is 5.92 Å². The number of nitrogens with zero attached hydrogens (tertiary/aromatic N) is 2. The van der Waals surface area contributed by atoms with Crippen molar-refractivity contribution in [3.05, 3.63) is 53.6 Å². The zero-order valence-electron chi connectivity index (χ0n) is 13.8. The Hall–Kier alpha value is -2.18. The summed E-state index contributed by atoms with van der Waals surface area (Å²) in [6.07, 6.45) is 4.06. The number of rotatable bonds is 6. The minimum atomic E-state index is -0.288. The van der Waals surface area contributed by atoms with Crippen molar-refractivity contribution < 1.29 is 14.6 Å². The molecule has 0 saturated carbocycles. The lowest BCUT2D eigenvalue weighted by Crippen LogP contribution is -2.32. The van der Waals surface area contributed by atoms with Crippen molar-refractivity contribution in [2.75, 3.05) is 6.61 Å². The molecule has 3 rings (SSSR count). The number of aryl methyl sites for hydroxylation is 1. The molecule has 1 aromatic heterocycles. The average Bonchev–Trinajstić information content (AvgIpc) is 3.27. The second kappa shape index (κ2) is 7.59. The van der Waals surface area contributed by atoms with Crippen molar-refractivity contribution in [1.29, 1.82) is 0 Å². The fraction of sp³-hybridized carbons (Fsp3) is 0.444. The van der Waals surface area contributed by atoms with Gasteiger partial charge in [0, 0.05) is 32.1 Å². The van der Waals surface area contributed by atoms with Crippen LogP contribution >= 0.6 is 0 Å². The highest BCUT2D eigenvalue weighted by Gasteiger charge is 2.37. The Morgan fingerprint density at radius 1 is 1.46 bits per heavy atom. The monoisotopic (exact) mass is 329 g/mol. The third kappa shape index (κ3) is 3.49. The van der Waals surface area contributed by atoms with E-state index in [2.05, 4.69) is 10.3 Å². The molecule has 0 bridgehead atoms. The van der Waals surface area contributed by atoms with Gasteiger partial charge >= 0.3 is 0 Å². The molecule has 2 aromatic rings. The predicted octanol–water partition coefficient (Wildman–Crippen LogP) is 1.79. The van der Waals surface area contributed by atoms with Gasteiger partial charge in [-0.1, -0.05) is 24.3 Å². The molecule has 2 N–H and O–H groups in total. The molecule has 1 saturated heterocycles. The van der Waals surface area contributed by atoms with E-state index < -0.39 is 0 Å². The molecule has 1 amide bonds. The lowest BCUT2D eigenvalue weighted by atomic mass is 9.99. The third-order valence-electron chi connectivity index (χ3n) is 4.41. The zero-order valence-corrected chi connectivity index (χ0v) is 13.8. The number of carbonyl (C=O) groups is 1. The standard InChI is InChI=1S/C18H23N3O3/c1-2-21-8-7-19-17(21)16-15(6-9-24-16)18(23)20-11-13-4-3-5-14(10-13)12-22/h3-5,7-8,10,15-16,22H,2,6,9,11-12H2,1H3,(H,20,23)/t15-,16-/m1/s1. The number of aromatic nitrogens is 2. The summed E-state index contributed by atoms with van der Waals surface area (Å²) in [5.41, 5.74) is 1.81. The molecule has 1 fully saturated rings. The molecule has 0 aliphatic carbocycles. The maximum absolute atomic E-state index is 12.6. The summed E-state index contributed by atoms with van der Waals surface area (Å²) in [6, 6.07) is 7.57. The van der Waals surface area contributed by atoms with Crippen LogP contribution in [0.1, 0.15) is 36.4 Å². The van der Waals surface area contributed by atoms with Crippen LogP contribution < -0.4 is 5.32 Å². The van der Waals surface area contributed by atoms with Crippen molar-refractivity contribution >= 4 is 5.91 Å². The van der Waals surface area contributed by atoms with E-state index in [9.17, 15) is 9.90 Å². The molecule has 2 atom stereocenters. The van der Waals surface area contributed by atoms with Gasteiger partial charge in [-0.15, -0.1) is 0 Å². The molecule has 0 spiro atoms. The average molecular weight is 329 g/mol. The van der Waals surface area contributed by atoms with Gasteiger partial charge in [0.05, 0.1) is 12.5 Å². The third-order valence-corrected chi connectivity index (χ3v) is 4.41. The molecule has 1 aliphatic rings. The molecule has 0 radical (unpaired) electrons. The van der Waals surface area contributed by atoms with Crippen LogP contribution in [-0.2, 0) is 29.2 Å². The van der Waals surface area contributed by atoms with Crippen molar-refractivity contribution in [3.8, 4) is 0 Å². The van der Waals surface area contributed by atoms with Gasteiger partial charge in [0.15, 0.2) is 0 Å². The summed E-state index contributed by atoms with van der Waals surface area (Å²) in [5, 5.41) is 12.2. The molecule has 2 heterocycles. The number of hydrogen-bond donors (Lipinski definition) is 2. The second-order valence-electron chi connectivity index (χ2n) is 5.95. The molecule has 1 aliphatic heterocycles. The second-order valence-corrected chi connectivity index (χ2v) is 5.95. The van der Waals surface area contributed by atoms with Gasteiger partial charge in [0.1, 0.15) is 11.9 Å². The fourth-order valence-corrected chi connectivity index (χ4v) is 3.12. The highest BCUT2D eigenvalue weighted by molar-refractivity contribution is 5.79. The number of benzene rings is 1. The number of ether oxygens (including phenoxy) is 1. The number of nitrogens with one attached hydrogen (secondary N) is 1. The van der Waals surface area contributed by atoms with E-state index in [1.807, 2.05) is 42.0 Å². The lowest BCUT2D eigenvalue weighted by Gasteiger charge is -2.19. The van der Waals surface area contributed by atoms with Gasteiger partial charge in [0.25, 0.3) is 0 Å². The molecule has 6 heteroatoms. The first-order chi connectivity index (χ1) is 11.7. The van der Waals surface area contributed by atoms with Crippen LogP contribution in [0.3, 0.4) is 0 Å². The smallest absolute Gasteiger partial charge is 0.226 e. The molecule has 24 heavy (non-hydrogen) atoms. The Balaban J connectivity index is 1.65. The number of carbonyl (C=O) groups excluding carboxylic acids is 1. The van der Waals surface area contributed by atoms with Crippen LogP contribution in [0.4, 0.5) is 0 Å². The van der Waals surface area contributed by atoms with Crippen LogP contribution in [-0.4, -0.2) is 27.2 Å². The Morgan fingerprint density at radius 3 is 3.08 bits per heavy atom. The van der Waals surface area contributed by atoms with Crippen LogP contribution in [0.2, 0.25) is 0 Å². The summed E-state index contributed by atoms with van der Waals surface area (Å²) in [5.74, 6) is 0.578. The zero-order chi connectivity index (χ0) is 16.9. The number of imidazole rings is 1. The Bertz CT molecular complexity index is 698. The highest BCUT2D eigenvalue weighted by Crippen LogP contribution is 2.33. The topological polar surface area (TPSA) is 76.4 Å². The van der Waals surface area contributed by atoms with Gasteiger partial charge in [-0.05, 0) is 24.5 Å². The number of aliphatic hydroxyl groups is 1. The summed E-state index contributed by atoms with van der Waals surface area (Å²) in [4.78, 5) is 17.0. The van der Waals surface area contributed by atoms with E-state index in [1.54, 1.807) is 6.20 Å². The van der Waals surface area contributed by atoms with Crippen LogP contribution in [0, 0.1) is 5.92 Å². The summed E-state index contributed by atoms with van der Waals surface area (Å²) >= 11 is 0. The van der Waals surface area contributed by atoms with Gasteiger partial charge in [-0.3, -0.25) is 4.79 Å². The first kappa shape index (κ1) is 16.7. The summed E-state index contributed by atoms with van der Waals surface area (Å²) in [7, 11) is 0. The molecular formula is C18H23N3O3. The van der Waals surface area contributed by atoms with Crippen LogP contribution in [0.5, 0.6) is 0 Å². The first-order valence-corrected chi connectivity index (χ1v) is 8.32. The Labute approximate surface area is 141 Å². The van der Waals surface area contributed by atoms with Gasteiger partial charge in [-0.25, -0.2) is 4.98 Å². The van der Waals surface area contributed by atoms with Crippen molar-refractivity contribution in [1.82, 2.24) is 14.9 Å². The van der Waals surface area contributed by atoms with Crippen LogP contribution in [0.15, 0.2) is 36.7 Å². The number of aliphatic hydroxyl groups excluding tert-OH is 1. The van der Waals surface area contributed by atoms with E-state index >= 15 is 0 Å². The van der Waals surface area contributed by atoms with Gasteiger partial charge in [0.2, 0.25) is 5.91 Å². The quantitative estimate of drug-likeness (QED) is 0.847. The normalized spacial score (nSPS) is 20.2. The van der Waals surface area contributed by atoms with E-state index in [0.717, 1.165) is 23.5 Å². The van der Waals surface area contributed by atoms with E-state index in [4.69, 9.17) is 4.74 Å². The first-order valence-electron chi connectivity index (χ1n) is 8.32. The molecule has 128 valence electrons. The Morgan fingerprint density at radius 2 is 2.29 bits per heavy atom. The lowest BCUT2D eigenvalue weighted by molar-refractivity contribution is -0.127. The van der Waals surface area contributed by atoms with E-state index in [0.29, 0.717) is 19.6 Å². The molecule has 6 nitrogen and oxygen atoms in total. The largest absolute Gasteiger partial charge is 0.392 e. The fourth-order valence-electron chi connectivity index (χ4n) is 3.12. The van der Waals surface area contributed by atoms with Crippen molar-refractivity contribution in [3.63, 3.8) is 0 Å². The minimum absolute atomic E-state index is 0.00000208.